The lowest BCUT2D eigenvalue weighted by molar-refractivity contribution is 0.123. The summed E-state index contributed by atoms with van der Waals surface area (Å²) in [6, 6.07) is 14.5. The molecule has 2 N–H and O–H groups in total. The first-order chi connectivity index (χ1) is 12.9. The second-order valence-electron chi connectivity index (χ2n) is 6.42. The number of rotatable bonds is 5. The Hall–Kier alpha value is -2.28. The SMILES string of the molecule is c1ccc(-c2cnc(Nc3cc(C[C@@H]4CNCCOC4)ccn3)s2)cc1. The van der Waals surface area contributed by atoms with Crippen LogP contribution in [0.15, 0.2) is 54.9 Å². The number of ether oxygens (including phenoxy) is 1. The van der Waals surface area contributed by atoms with Crippen LogP contribution in [0.4, 0.5) is 10.9 Å². The highest BCUT2D eigenvalue weighted by Crippen LogP contribution is 2.30. The van der Waals surface area contributed by atoms with Gasteiger partial charge in [-0.05, 0) is 35.6 Å². The maximum Gasteiger partial charge on any atom is 0.188 e. The predicted molar refractivity (Wildman–Crippen MR) is 106 cm³/mol. The maximum absolute atomic E-state index is 5.65. The smallest absolute Gasteiger partial charge is 0.188 e. The number of hydrogen-bond donors (Lipinski definition) is 2. The van der Waals surface area contributed by atoms with E-state index in [2.05, 4.69) is 44.9 Å². The van der Waals surface area contributed by atoms with E-state index in [0.717, 1.165) is 48.6 Å². The molecule has 4 rings (SSSR count). The van der Waals surface area contributed by atoms with Crippen LogP contribution in [0.3, 0.4) is 0 Å². The van der Waals surface area contributed by atoms with Crippen molar-refractivity contribution in [1.29, 1.82) is 0 Å². The van der Waals surface area contributed by atoms with Crippen LogP contribution in [0.5, 0.6) is 0 Å². The van der Waals surface area contributed by atoms with Crippen LogP contribution < -0.4 is 10.6 Å². The maximum atomic E-state index is 5.65. The molecule has 134 valence electrons. The Bertz CT molecular complexity index is 829. The monoisotopic (exact) mass is 366 g/mol. The molecule has 1 atom stereocenters. The fourth-order valence-corrected chi connectivity index (χ4v) is 3.90. The van der Waals surface area contributed by atoms with Crippen LogP contribution in [0.2, 0.25) is 0 Å². The summed E-state index contributed by atoms with van der Waals surface area (Å²) in [5, 5.41) is 7.61. The van der Waals surface area contributed by atoms with E-state index in [1.54, 1.807) is 11.3 Å². The molecule has 1 fully saturated rings. The van der Waals surface area contributed by atoms with E-state index in [1.807, 2.05) is 30.6 Å². The van der Waals surface area contributed by atoms with Gasteiger partial charge in [-0.3, -0.25) is 0 Å². The molecule has 0 amide bonds. The summed E-state index contributed by atoms with van der Waals surface area (Å²) >= 11 is 1.63. The summed E-state index contributed by atoms with van der Waals surface area (Å²) in [6.07, 6.45) is 4.74. The van der Waals surface area contributed by atoms with Crippen molar-refractivity contribution < 1.29 is 4.74 Å². The van der Waals surface area contributed by atoms with Gasteiger partial charge in [-0.25, -0.2) is 9.97 Å². The van der Waals surface area contributed by atoms with Gasteiger partial charge in [0.25, 0.3) is 0 Å². The van der Waals surface area contributed by atoms with Crippen LogP contribution in [-0.4, -0.2) is 36.3 Å². The van der Waals surface area contributed by atoms with Gasteiger partial charge >= 0.3 is 0 Å². The summed E-state index contributed by atoms with van der Waals surface area (Å²) in [5.74, 6) is 1.33. The van der Waals surface area contributed by atoms with Gasteiger partial charge in [-0.2, -0.15) is 0 Å². The third-order valence-electron chi connectivity index (χ3n) is 4.36. The zero-order valence-corrected chi connectivity index (χ0v) is 15.3. The molecule has 0 spiro atoms. The summed E-state index contributed by atoms with van der Waals surface area (Å²) in [7, 11) is 0. The lowest BCUT2D eigenvalue weighted by Crippen LogP contribution is -2.24. The topological polar surface area (TPSA) is 59.1 Å². The molecular formula is C20H22N4OS. The largest absolute Gasteiger partial charge is 0.380 e. The summed E-state index contributed by atoms with van der Waals surface area (Å²) in [6.45, 7) is 3.55. The quantitative estimate of drug-likeness (QED) is 0.721. The summed E-state index contributed by atoms with van der Waals surface area (Å²) < 4.78 is 5.65. The van der Waals surface area contributed by atoms with E-state index < -0.39 is 0 Å². The Labute approximate surface area is 157 Å². The average molecular weight is 366 g/mol. The lowest BCUT2D eigenvalue weighted by Gasteiger charge is -2.14. The number of pyridine rings is 1. The lowest BCUT2D eigenvalue weighted by atomic mass is 10.0. The molecule has 1 saturated heterocycles. The molecule has 0 radical (unpaired) electrons. The van der Waals surface area contributed by atoms with Gasteiger partial charge in [0.2, 0.25) is 0 Å². The zero-order chi connectivity index (χ0) is 17.6. The molecule has 1 aliphatic heterocycles. The van der Waals surface area contributed by atoms with E-state index in [9.17, 15) is 0 Å². The second kappa shape index (κ2) is 8.40. The molecular weight excluding hydrogens is 344 g/mol. The van der Waals surface area contributed by atoms with E-state index in [0.29, 0.717) is 5.92 Å². The fraction of sp³-hybridized carbons (Fsp3) is 0.300. The van der Waals surface area contributed by atoms with Crippen molar-refractivity contribution in [3.8, 4) is 10.4 Å². The van der Waals surface area contributed by atoms with Gasteiger partial charge in [-0.15, -0.1) is 0 Å². The van der Waals surface area contributed by atoms with Crippen LogP contribution in [-0.2, 0) is 11.2 Å². The van der Waals surface area contributed by atoms with Gasteiger partial charge in [0.1, 0.15) is 5.82 Å². The van der Waals surface area contributed by atoms with Crippen molar-refractivity contribution in [2.45, 2.75) is 6.42 Å². The van der Waals surface area contributed by atoms with Crippen molar-refractivity contribution in [1.82, 2.24) is 15.3 Å². The Morgan fingerprint density at radius 3 is 3.04 bits per heavy atom. The van der Waals surface area contributed by atoms with Crippen molar-refractivity contribution >= 4 is 22.3 Å². The first-order valence-electron chi connectivity index (χ1n) is 8.88. The average Bonchev–Trinajstić information content (AvgIpc) is 2.98. The number of nitrogens with one attached hydrogen (secondary N) is 2. The zero-order valence-electron chi connectivity index (χ0n) is 14.5. The molecule has 3 heterocycles. The number of thiazole rings is 1. The number of nitrogens with zero attached hydrogens (tertiary/aromatic N) is 2. The van der Waals surface area contributed by atoms with Crippen molar-refractivity contribution in [2.75, 3.05) is 31.6 Å². The van der Waals surface area contributed by atoms with E-state index in [4.69, 9.17) is 4.74 Å². The fourth-order valence-electron chi connectivity index (χ4n) is 3.07. The molecule has 26 heavy (non-hydrogen) atoms. The van der Waals surface area contributed by atoms with Crippen LogP contribution >= 0.6 is 11.3 Å². The van der Waals surface area contributed by atoms with Gasteiger partial charge in [-0.1, -0.05) is 41.7 Å². The van der Waals surface area contributed by atoms with Gasteiger partial charge in [0.05, 0.1) is 18.1 Å². The number of hydrogen-bond acceptors (Lipinski definition) is 6. The molecule has 0 unspecified atom stereocenters. The highest BCUT2D eigenvalue weighted by molar-refractivity contribution is 7.18. The Kier molecular flexibility index (Phi) is 5.54. The molecule has 0 saturated carbocycles. The molecule has 0 bridgehead atoms. The molecule has 3 aromatic rings. The Morgan fingerprint density at radius 2 is 2.12 bits per heavy atom. The highest BCUT2D eigenvalue weighted by Gasteiger charge is 2.13. The minimum absolute atomic E-state index is 0.497. The number of aromatic nitrogens is 2. The van der Waals surface area contributed by atoms with Crippen molar-refractivity contribution in [2.24, 2.45) is 5.92 Å². The third kappa shape index (κ3) is 4.46. The van der Waals surface area contributed by atoms with Crippen LogP contribution in [0.1, 0.15) is 5.56 Å². The van der Waals surface area contributed by atoms with Gasteiger partial charge < -0.3 is 15.4 Å². The van der Waals surface area contributed by atoms with E-state index in [-0.39, 0.29) is 0 Å². The minimum Gasteiger partial charge on any atom is -0.380 e. The van der Waals surface area contributed by atoms with Gasteiger partial charge in [0.15, 0.2) is 5.13 Å². The Balaban J connectivity index is 1.43. The third-order valence-corrected chi connectivity index (χ3v) is 5.32. The van der Waals surface area contributed by atoms with Crippen LogP contribution in [0.25, 0.3) is 10.4 Å². The highest BCUT2D eigenvalue weighted by atomic mass is 32.1. The van der Waals surface area contributed by atoms with E-state index in [1.165, 1.54) is 11.1 Å². The molecule has 2 aromatic heterocycles. The van der Waals surface area contributed by atoms with Crippen molar-refractivity contribution in [3.63, 3.8) is 0 Å². The molecule has 1 aromatic carbocycles. The standard InChI is InChI=1S/C20H22N4OS/c1-2-4-17(5-3-1)18-13-23-20(26-18)24-19-11-15(6-7-22-19)10-16-12-21-8-9-25-14-16/h1-7,11,13,16,21H,8-10,12,14H2,(H,22,23,24)/t16-/m1/s1. The van der Waals surface area contributed by atoms with Gasteiger partial charge in [0, 0.05) is 25.5 Å². The normalized spacial score (nSPS) is 17.6. The van der Waals surface area contributed by atoms with E-state index >= 15 is 0 Å². The number of anilines is 2. The van der Waals surface area contributed by atoms with Crippen molar-refractivity contribution in [3.05, 3.63) is 60.4 Å². The first-order valence-corrected chi connectivity index (χ1v) is 9.70. The molecule has 0 aliphatic carbocycles. The first kappa shape index (κ1) is 17.1. The summed E-state index contributed by atoms with van der Waals surface area (Å²) in [5.41, 5.74) is 2.44. The molecule has 1 aliphatic rings. The predicted octanol–water partition coefficient (Wildman–Crippen LogP) is 3.73. The Morgan fingerprint density at radius 1 is 1.19 bits per heavy atom. The number of benzene rings is 1. The minimum atomic E-state index is 0.497. The molecule has 6 heteroatoms. The molecule has 5 nitrogen and oxygen atoms in total. The van der Waals surface area contributed by atoms with Crippen LogP contribution in [0, 0.1) is 5.92 Å². The second-order valence-corrected chi connectivity index (χ2v) is 7.45. The summed E-state index contributed by atoms with van der Waals surface area (Å²) in [4.78, 5) is 10.1.